The first-order valence-electron chi connectivity index (χ1n) is 4.09. The number of aryl methyl sites for hydroxylation is 1. The summed E-state index contributed by atoms with van der Waals surface area (Å²) in [6.07, 6.45) is -1.65. The van der Waals surface area contributed by atoms with Crippen LogP contribution in [0.15, 0.2) is 6.20 Å². The summed E-state index contributed by atoms with van der Waals surface area (Å²) in [5, 5.41) is 3.30. The Kier molecular flexibility index (Phi) is 3.72. The monoisotopic (exact) mass is 249 g/mol. The Morgan fingerprint density at radius 1 is 1.62 bits per heavy atom. The van der Waals surface area contributed by atoms with Crippen LogP contribution < -0.4 is 16.6 Å². The van der Waals surface area contributed by atoms with E-state index < -0.39 is 18.0 Å². The average molecular weight is 249 g/mol. The Hall–Kier alpha value is -1.77. The van der Waals surface area contributed by atoms with E-state index in [1.165, 1.54) is 13.2 Å². The van der Waals surface area contributed by atoms with Gasteiger partial charge in [0.1, 0.15) is 5.69 Å². The van der Waals surface area contributed by atoms with Crippen LogP contribution in [0.2, 0.25) is 0 Å². The van der Waals surface area contributed by atoms with E-state index in [9.17, 15) is 13.6 Å². The number of nitrogens with two attached hydrogens (primary N) is 1. The van der Waals surface area contributed by atoms with E-state index in [1.807, 2.05) is 0 Å². The molecule has 0 aliphatic heterocycles. The van der Waals surface area contributed by atoms with Gasteiger partial charge in [0.05, 0.1) is 5.56 Å². The lowest BCUT2D eigenvalue weighted by Crippen LogP contribution is -2.44. The van der Waals surface area contributed by atoms with E-state index in [1.54, 1.807) is 0 Å². The minimum Gasteiger partial charge on any atom is -0.375 e. The summed E-state index contributed by atoms with van der Waals surface area (Å²) in [6, 6.07) is 0. The molecule has 0 bridgehead atoms. The zero-order chi connectivity index (χ0) is 12.3. The molecule has 0 saturated carbocycles. The second-order valence-corrected chi connectivity index (χ2v) is 3.29. The van der Waals surface area contributed by atoms with Gasteiger partial charge in [0.25, 0.3) is 12.3 Å². The Bertz CT molecular complexity index is 419. The molecule has 4 N–H and O–H groups in total. The van der Waals surface area contributed by atoms with Crippen LogP contribution in [0.1, 0.15) is 22.5 Å². The van der Waals surface area contributed by atoms with Gasteiger partial charge in [0, 0.05) is 13.2 Å². The fraction of sp³-hybridized carbons (Fsp3) is 0.286. The third kappa shape index (κ3) is 2.86. The fourth-order valence-electron chi connectivity index (χ4n) is 1.03. The van der Waals surface area contributed by atoms with Crippen LogP contribution in [0.25, 0.3) is 0 Å². The van der Waals surface area contributed by atoms with Crippen LogP contribution >= 0.6 is 12.2 Å². The highest BCUT2D eigenvalue weighted by atomic mass is 32.1. The normalized spacial score (nSPS) is 10.2. The number of hydrogen-bond donors (Lipinski definition) is 3. The minimum atomic E-state index is -2.83. The van der Waals surface area contributed by atoms with Crippen LogP contribution in [-0.4, -0.2) is 20.8 Å². The number of carbonyl (C=O) groups is 1. The Morgan fingerprint density at radius 3 is 2.75 bits per heavy atom. The van der Waals surface area contributed by atoms with Gasteiger partial charge in [0.15, 0.2) is 5.11 Å². The van der Waals surface area contributed by atoms with Crippen molar-refractivity contribution in [3.05, 3.63) is 17.5 Å². The molecule has 16 heavy (non-hydrogen) atoms. The summed E-state index contributed by atoms with van der Waals surface area (Å²) in [5.74, 6) is -0.781. The summed E-state index contributed by atoms with van der Waals surface area (Å²) >= 11 is 4.44. The molecule has 0 atom stereocenters. The van der Waals surface area contributed by atoms with E-state index in [-0.39, 0.29) is 10.7 Å². The molecule has 1 aromatic heterocycles. The SMILES string of the molecule is Cn1cc(C(=O)NNC(N)=S)c(C(F)F)n1. The number of aromatic nitrogens is 2. The van der Waals surface area contributed by atoms with Crippen molar-refractivity contribution in [1.29, 1.82) is 0 Å². The van der Waals surface area contributed by atoms with Crippen molar-refractivity contribution in [1.82, 2.24) is 20.6 Å². The van der Waals surface area contributed by atoms with Crippen molar-refractivity contribution in [2.24, 2.45) is 12.8 Å². The Balaban J connectivity index is 2.86. The molecular weight excluding hydrogens is 240 g/mol. The predicted octanol–water partition coefficient (Wildman–Crippen LogP) is -0.164. The lowest BCUT2D eigenvalue weighted by Gasteiger charge is -2.05. The van der Waals surface area contributed by atoms with Crippen molar-refractivity contribution >= 4 is 23.2 Å². The number of amides is 1. The number of nitrogens with one attached hydrogen (secondary N) is 2. The average Bonchev–Trinajstić information content (AvgIpc) is 2.56. The first-order chi connectivity index (χ1) is 7.41. The van der Waals surface area contributed by atoms with Gasteiger partial charge in [-0.1, -0.05) is 0 Å². The highest BCUT2D eigenvalue weighted by Gasteiger charge is 2.22. The summed E-state index contributed by atoms with van der Waals surface area (Å²) in [6.45, 7) is 0. The predicted molar refractivity (Wildman–Crippen MR) is 55.6 cm³/mol. The molecule has 0 aliphatic rings. The van der Waals surface area contributed by atoms with Gasteiger partial charge in [-0.2, -0.15) is 5.10 Å². The third-order valence-electron chi connectivity index (χ3n) is 1.61. The molecule has 9 heteroatoms. The quantitative estimate of drug-likeness (QED) is 0.501. The van der Waals surface area contributed by atoms with E-state index in [4.69, 9.17) is 5.73 Å². The molecule has 0 radical (unpaired) electrons. The van der Waals surface area contributed by atoms with Crippen molar-refractivity contribution in [2.75, 3.05) is 0 Å². The Labute approximate surface area is 94.8 Å². The van der Waals surface area contributed by atoms with E-state index >= 15 is 0 Å². The maximum atomic E-state index is 12.5. The molecule has 1 amide bonds. The second kappa shape index (κ2) is 4.84. The molecule has 1 heterocycles. The minimum absolute atomic E-state index is 0.171. The number of halogens is 2. The molecule has 0 unspecified atom stereocenters. The number of carbonyl (C=O) groups excluding carboxylic acids is 1. The zero-order valence-corrected chi connectivity index (χ0v) is 9.02. The summed E-state index contributed by atoms with van der Waals surface area (Å²) < 4.78 is 26.1. The number of hydrazine groups is 1. The molecule has 0 fully saturated rings. The number of nitrogens with zero attached hydrogens (tertiary/aromatic N) is 2. The van der Waals surface area contributed by atoms with Gasteiger partial charge in [-0.3, -0.25) is 20.3 Å². The molecule has 0 aromatic carbocycles. The van der Waals surface area contributed by atoms with Crippen molar-refractivity contribution < 1.29 is 13.6 Å². The van der Waals surface area contributed by atoms with Crippen LogP contribution in [0, 0.1) is 0 Å². The molecule has 6 nitrogen and oxygen atoms in total. The second-order valence-electron chi connectivity index (χ2n) is 2.85. The highest BCUT2D eigenvalue weighted by molar-refractivity contribution is 7.80. The molecule has 1 rings (SSSR count). The topological polar surface area (TPSA) is 85.0 Å². The summed E-state index contributed by atoms with van der Waals surface area (Å²) in [5.41, 5.74) is 8.44. The molecule has 0 aliphatic carbocycles. The summed E-state index contributed by atoms with van der Waals surface area (Å²) in [4.78, 5) is 11.4. The van der Waals surface area contributed by atoms with Gasteiger partial charge < -0.3 is 5.73 Å². The highest BCUT2D eigenvalue weighted by Crippen LogP contribution is 2.20. The lowest BCUT2D eigenvalue weighted by molar-refractivity contribution is 0.0929. The van der Waals surface area contributed by atoms with Crippen LogP contribution in [0.5, 0.6) is 0 Å². The number of alkyl halides is 2. The largest absolute Gasteiger partial charge is 0.375 e. The van der Waals surface area contributed by atoms with Gasteiger partial charge in [-0.25, -0.2) is 8.78 Å². The standard InChI is InChI=1S/C7H9F2N5OS/c1-14-2-3(4(13-14)5(8)9)6(15)11-12-7(10)16/h2,5H,1H3,(H,11,15)(H3,10,12,16). The van der Waals surface area contributed by atoms with E-state index in [2.05, 4.69) is 28.2 Å². The lowest BCUT2D eigenvalue weighted by atomic mass is 10.2. The molecule has 0 saturated heterocycles. The van der Waals surface area contributed by atoms with Crippen LogP contribution in [-0.2, 0) is 7.05 Å². The number of hydrogen-bond acceptors (Lipinski definition) is 3. The van der Waals surface area contributed by atoms with Crippen molar-refractivity contribution in [3.8, 4) is 0 Å². The van der Waals surface area contributed by atoms with Gasteiger partial charge in [0.2, 0.25) is 0 Å². The first kappa shape index (κ1) is 12.3. The third-order valence-corrected chi connectivity index (χ3v) is 1.71. The van der Waals surface area contributed by atoms with E-state index in [0.29, 0.717) is 0 Å². The molecule has 88 valence electrons. The van der Waals surface area contributed by atoms with Crippen LogP contribution in [0.4, 0.5) is 8.78 Å². The maximum absolute atomic E-state index is 12.5. The van der Waals surface area contributed by atoms with Crippen LogP contribution in [0.3, 0.4) is 0 Å². The fourth-order valence-corrected chi connectivity index (χ4v) is 1.08. The molecular formula is C7H9F2N5OS. The molecule has 1 aromatic rings. The van der Waals surface area contributed by atoms with Crippen molar-refractivity contribution in [2.45, 2.75) is 6.43 Å². The van der Waals surface area contributed by atoms with Gasteiger partial charge in [-0.05, 0) is 12.2 Å². The first-order valence-corrected chi connectivity index (χ1v) is 4.50. The Morgan fingerprint density at radius 2 is 2.25 bits per heavy atom. The van der Waals surface area contributed by atoms with Gasteiger partial charge >= 0.3 is 0 Å². The maximum Gasteiger partial charge on any atom is 0.282 e. The molecule has 0 spiro atoms. The van der Waals surface area contributed by atoms with Crippen molar-refractivity contribution in [3.63, 3.8) is 0 Å². The van der Waals surface area contributed by atoms with Gasteiger partial charge in [-0.15, -0.1) is 0 Å². The smallest absolute Gasteiger partial charge is 0.282 e. The zero-order valence-electron chi connectivity index (χ0n) is 8.20. The summed E-state index contributed by atoms with van der Waals surface area (Å²) in [7, 11) is 1.43. The van der Waals surface area contributed by atoms with E-state index in [0.717, 1.165) is 4.68 Å². The number of thiocarbonyl (C=S) groups is 1. The number of rotatable bonds is 2.